The van der Waals surface area contributed by atoms with E-state index in [1.165, 1.54) is 0 Å². The molecule has 0 spiro atoms. The van der Waals surface area contributed by atoms with E-state index in [4.69, 9.17) is 0 Å². The first-order valence-corrected chi connectivity index (χ1v) is 3.76. The van der Waals surface area contributed by atoms with E-state index in [0.29, 0.717) is 12.2 Å². The Kier molecular flexibility index (Phi) is 3.26. The molecule has 54 valence electrons. The van der Waals surface area contributed by atoms with Crippen molar-refractivity contribution in [2.45, 2.75) is 27.2 Å². The highest BCUT2D eigenvalue weighted by Crippen LogP contribution is 2.16. The quantitative estimate of drug-likeness (QED) is 0.589. The normalized spacial score (nSPS) is 11.6. The molecule has 0 aliphatic heterocycles. The van der Waals surface area contributed by atoms with Crippen molar-refractivity contribution in [1.29, 1.82) is 0 Å². The van der Waals surface area contributed by atoms with Crippen LogP contribution in [0.1, 0.15) is 27.2 Å². The van der Waals surface area contributed by atoms with Crippen LogP contribution in [0.3, 0.4) is 0 Å². The van der Waals surface area contributed by atoms with Crippen molar-refractivity contribution in [2.75, 3.05) is 5.75 Å². The summed E-state index contributed by atoms with van der Waals surface area (Å²) in [4.78, 5) is 11.0. The average molecular weight is 146 g/mol. The monoisotopic (exact) mass is 146 g/mol. The number of carbonyl (C=O) groups is 1. The summed E-state index contributed by atoms with van der Waals surface area (Å²) in [7, 11) is 0. The summed E-state index contributed by atoms with van der Waals surface area (Å²) in [5.74, 6) is 0.952. The second kappa shape index (κ2) is 3.25. The lowest BCUT2D eigenvalue weighted by Crippen LogP contribution is -2.19. The zero-order valence-corrected chi connectivity index (χ0v) is 7.16. The van der Waals surface area contributed by atoms with Crippen LogP contribution in [-0.4, -0.2) is 11.5 Å². The van der Waals surface area contributed by atoms with Crippen molar-refractivity contribution in [2.24, 2.45) is 5.41 Å². The van der Waals surface area contributed by atoms with Crippen molar-refractivity contribution in [3.8, 4) is 0 Å². The topological polar surface area (TPSA) is 17.1 Å². The third-order valence-electron chi connectivity index (χ3n) is 1.18. The first-order chi connectivity index (χ1) is 3.98. The van der Waals surface area contributed by atoms with Gasteiger partial charge in [-0.05, 0) is 5.75 Å². The van der Waals surface area contributed by atoms with Gasteiger partial charge in [-0.15, -0.1) is 0 Å². The van der Waals surface area contributed by atoms with E-state index in [9.17, 15) is 4.79 Å². The van der Waals surface area contributed by atoms with Gasteiger partial charge in [0.15, 0.2) is 0 Å². The fraction of sp³-hybridized carbons (Fsp3) is 0.857. The van der Waals surface area contributed by atoms with Crippen LogP contribution in [0, 0.1) is 5.41 Å². The van der Waals surface area contributed by atoms with Crippen molar-refractivity contribution in [3.63, 3.8) is 0 Å². The lowest BCUT2D eigenvalue weighted by molar-refractivity contribution is -0.125. The number of hydrogen-bond acceptors (Lipinski definition) is 2. The molecule has 0 saturated carbocycles. The maximum atomic E-state index is 11.0. The van der Waals surface area contributed by atoms with E-state index >= 15 is 0 Å². The van der Waals surface area contributed by atoms with Gasteiger partial charge in [-0.1, -0.05) is 20.8 Å². The fourth-order valence-electron chi connectivity index (χ4n) is 0.477. The zero-order valence-electron chi connectivity index (χ0n) is 6.27. The predicted octanol–water partition coefficient (Wildman–Crippen LogP) is 1.92. The molecule has 0 bridgehead atoms. The minimum Gasteiger partial charge on any atom is -0.299 e. The summed E-state index contributed by atoms with van der Waals surface area (Å²) < 4.78 is 0. The molecule has 0 amide bonds. The Morgan fingerprint density at radius 2 is 1.89 bits per heavy atom. The highest BCUT2D eigenvalue weighted by molar-refractivity contribution is 7.80. The highest BCUT2D eigenvalue weighted by Gasteiger charge is 2.19. The molecule has 0 N–H and O–H groups in total. The lowest BCUT2D eigenvalue weighted by atomic mass is 9.89. The van der Waals surface area contributed by atoms with Crippen molar-refractivity contribution < 1.29 is 4.79 Å². The van der Waals surface area contributed by atoms with Crippen LogP contribution in [0.25, 0.3) is 0 Å². The second-order valence-electron chi connectivity index (χ2n) is 3.15. The van der Waals surface area contributed by atoms with Gasteiger partial charge < -0.3 is 0 Å². The van der Waals surface area contributed by atoms with E-state index in [1.807, 2.05) is 20.8 Å². The van der Waals surface area contributed by atoms with Gasteiger partial charge in [0.25, 0.3) is 0 Å². The Morgan fingerprint density at radius 3 is 2.00 bits per heavy atom. The molecule has 0 atom stereocenters. The standard InChI is InChI=1S/C7H14OS/c1-7(2,3)6(8)4-5-9/h9H,4-5H2,1-3H3. The number of carbonyl (C=O) groups excluding carboxylic acids is 1. The number of thiol groups is 1. The summed E-state index contributed by atoms with van der Waals surface area (Å²) in [5.41, 5.74) is -0.178. The largest absolute Gasteiger partial charge is 0.299 e. The molecule has 0 aliphatic rings. The molecule has 0 saturated heterocycles. The molecule has 1 nitrogen and oxygen atoms in total. The van der Waals surface area contributed by atoms with Crippen molar-refractivity contribution >= 4 is 18.4 Å². The molecular formula is C7H14OS. The number of rotatable bonds is 2. The zero-order chi connectivity index (χ0) is 7.49. The molecule has 9 heavy (non-hydrogen) atoms. The third kappa shape index (κ3) is 3.57. The van der Waals surface area contributed by atoms with E-state index in [-0.39, 0.29) is 11.2 Å². The summed E-state index contributed by atoms with van der Waals surface area (Å²) >= 11 is 3.97. The Labute approximate surface area is 62.2 Å². The van der Waals surface area contributed by atoms with Gasteiger partial charge in [-0.3, -0.25) is 4.79 Å². The highest BCUT2D eigenvalue weighted by atomic mass is 32.1. The number of hydrogen-bond donors (Lipinski definition) is 1. The molecule has 0 fully saturated rings. The first kappa shape index (κ1) is 9.02. The molecule has 0 unspecified atom stereocenters. The second-order valence-corrected chi connectivity index (χ2v) is 3.59. The van der Waals surface area contributed by atoms with Crippen LogP contribution < -0.4 is 0 Å². The summed E-state index contributed by atoms with van der Waals surface area (Å²) in [6, 6.07) is 0. The van der Waals surface area contributed by atoms with E-state index in [0.717, 1.165) is 0 Å². The van der Waals surface area contributed by atoms with E-state index in [1.54, 1.807) is 0 Å². The minimum absolute atomic E-state index is 0.178. The van der Waals surface area contributed by atoms with Crippen LogP contribution in [0.15, 0.2) is 0 Å². The van der Waals surface area contributed by atoms with Crippen LogP contribution in [-0.2, 0) is 4.79 Å². The molecular weight excluding hydrogens is 132 g/mol. The molecule has 2 heteroatoms. The molecule has 0 aliphatic carbocycles. The maximum absolute atomic E-state index is 11.0. The summed E-state index contributed by atoms with van der Waals surface area (Å²) in [5, 5.41) is 0. The molecule has 0 aromatic rings. The Balaban J connectivity index is 3.74. The van der Waals surface area contributed by atoms with Crippen molar-refractivity contribution in [3.05, 3.63) is 0 Å². The van der Waals surface area contributed by atoms with Crippen LogP contribution in [0.5, 0.6) is 0 Å². The predicted molar refractivity (Wildman–Crippen MR) is 42.9 cm³/mol. The maximum Gasteiger partial charge on any atom is 0.139 e. The van der Waals surface area contributed by atoms with Gasteiger partial charge >= 0.3 is 0 Å². The molecule has 0 heterocycles. The Hall–Kier alpha value is 0.0200. The molecule has 0 radical (unpaired) electrons. The molecule has 0 aromatic heterocycles. The van der Waals surface area contributed by atoms with E-state index < -0.39 is 0 Å². The first-order valence-electron chi connectivity index (χ1n) is 3.12. The van der Waals surface area contributed by atoms with Gasteiger partial charge in [0.2, 0.25) is 0 Å². The average Bonchev–Trinajstić information content (AvgIpc) is 1.64. The number of ketones is 1. The van der Waals surface area contributed by atoms with Crippen molar-refractivity contribution in [1.82, 2.24) is 0 Å². The van der Waals surface area contributed by atoms with E-state index in [2.05, 4.69) is 12.6 Å². The fourth-order valence-corrected chi connectivity index (χ4v) is 0.680. The van der Waals surface area contributed by atoms with Gasteiger partial charge in [0.05, 0.1) is 0 Å². The van der Waals surface area contributed by atoms with Crippen LogP contribution >= 0.6 is 12.6 Å². The molecule has 0 rings (SSSR count). The molecule has 0 aromatic carbocycles. The SMILES string of the molecule is CC(C)(C)C(=O)CCS. The van der Waals surface area contributed by atoms with Crippen LogP contribution in [0.2, 0.25) is 0 Å². The summed E-state index contributed by atoms with van der Waals surface area (Å²) in [6.45, 7) is 5.79. The minimum atomic E-state index is -0.178. The van der Waals surface area contributed by atoms with Gasteiger partial charge in [0.1, 0.15) is 5.78 Å². The smallest absolute Gasteiger partial charge is 0.139 e. The third-order valence-corrected chi connectivity index (χ3v) is 1.40. The number of Topliss-reactive ketones (excluding diaryl/α,β-unsaturated/α-hetero) is 1. The Morgan fingerprint density at radius 1 is 1.44 bits per heavy atom. The van der Waals surface area contributed by atoms with Gasteiger partial charge in [-0.2, -0.15) is 12.6 Å². The van der Waals surface area contributed by atoms with Gasteiger partial charge in [0, 0.05) is 11.8 Å². The van der Waals surface area contributed by atoms with Gasteiger partial charge in [-0.25, -0.2) is 0 Å². The van der Waals surface area contributed by atoms with Crippen LogP contribution in [0.4, 0.5) is 0 Å². The summed E-state index contributed by atoms with van der Waals surface area (Å²) in [6.07, 6.45) is 0.590. The lowest BCUT2D eigenvalue weighted by Gasteiger charge is -2.14. The Bertz CT molecular complexity index is 102.